The molecule has 0 bridgehead atoms. The van der Waals surface area contributed by atoms with Gasteiger partial charge in [-0.2, -0.15) is 5.10 Å². The van der Waals surface area contributed by atoms with Gasteiger partial charge < -0.3 is 4.90 Å². The van der Waals surface area contributed by atoms with Gasteiger partial charge in [0.15, 0.2) is 0 Å². The lowest BCUT2D eigenvalue weighted by Gasteiger charge is -2.34. The Hall–Kier alpha value is -2.17. The first-order valence-corrected chi connectivity index (χ1v) is 8.25. The number of nitrogens with one attached hydrogen (secondary N) is 1. The zero-order valence-corrected chi connectivity index (χ0v) is 13.2. The van der Waals surface area contributed by atoms with E-state index in [1.165, 1.54) is 12.5 Å². The smallest absolute Gasteiger partial charge is 0.229 e. The minimum atomic E-state index is -0.248. The molecule has 1 heterocycles. The number of nitrogens with zero attached hydrogens (tertiary/aromatic N) is 2. The Labute approximate surface area is 135 Å². The van der Waals surface area contributed by atoms with Crippen LogP contribution >= 0.6 is 0 Å². The predicted octanol–water partition coefficient (Wildman–Crippen LogP) is 3.45. The number of carbonyl (C=O) groups is 1. The van der Waals surface area contributed by atoms with Gasteiger partial charge >= 0.3 is 0 Å². The molecule has 1 N–H and O–H groups in total. The molecule has 5 heteroatoms. The molecular weight excluding hydrogens is 293 g/mol. The zero-order valence-electron chi connectivity index (χ0n) is 13.2. The minimum Gasteiger partial charge on any atom is -0.335 e. The molecule has 3 rings (SSSR count). The number of hydrogen-bond acceptors (Lipinski definition) is 2. The first kappa shape index (κ1) is 15.7. The summed E-state index contributed by atoms with van der Waals surface area (Å²) in [6, 6.07) is 8.72. The zero-order chi connectivity index (χ0) is 16.1. The number of amides is 1. The van der Waals surface area contributed by atoms with Crippen molar-refractivity contribution in [2.24, 2.45) is 0 Å². The summed E-state index contributed by atoms with van der Waals surface area (Å²) in [5.74, 6) is -0.216. The standard InChI is InChI=1S/C18H22FN3O/c19-17-9-5-4-6-14(17)13-22(16-7-2-1-3-8-16)18(23)12-15-10-11-20-21-15/h4-6,9-11,16H,1-3,7-8,12-13H2,(H,20,21). The van der Waals surface area contributed by atoms with E-state index in [-0.39, 0.29) is 24.2 Å². The Morgan fingerprint density at radius 3 is 2.70 bits per heavy atom. The monoisotopic (exact) mass is 315 g/mol. The molecule has 0 aliphatic heterocycles. The van der Waals surface area contributed by atoms with Crippen LogP contribution < -0.4 is 0 Å². The van der Waals surface area contributed by atoms with Gasteiger partial charge in [0.2, 0.25) is 5.91 Å². The second-order valence-electron chi connectivity index (χ2n) is 6.16. The van der Waals surface area contributed by atoms with Gasteiger partial charge in [-0.15, -0.1) is 0 Å². The van der Waals surface area contributed by atoms with Gasteiger partial charge in [-0.25, -0.2) is 4.39 Å². The van der Waals surface area contributed by atoms with E-state index in [1.54, 1.807) is 24.4 Å². The summed E-state index contributed by atoms with van der Waals surface area (Å²) in [5.41, 5.74) is 1.38. The molecular formula is C18H22FN3O. The van der Waals surface area contributed by atoms with E-state index in [0.29, 0.717) is 12.1 Å². The van der Waals surface area contributed by atoms with Crippen molar-refractivity contribution >= 4 is 5.91 Å². The van der Waals surface area contributed by atoms with E-state index in [1.807, 2.05) is 11.0 Å². The molecule has 1 aliphatic carbocycles. The first-order valence-electron chi connectivity index (χ1n) is 8.25. The van der Waals surface area contributed by atoms with Crippen molar-refractivity contribution in [2.75, 3.05) is 0 Å². The topological polar surface area (TPSA) is 49.0 Å². The molecule has 0 unspecified atom stereocenters. The van der Waals surface area contributed by atoms with Crippen molar-refractivity contribution in [2.45, 2.75) is 51.1 Å². The quantitative estimate of drug-likeness (QED) is 0.918. The van der Waals surface area contributed by atoms with Crippen LogP contribution in [0.15, 0.2) is 36.5 Å². The van der Waals surface area contributed by atoms with Crippen molar-refractivity contribution in [3.8, 4) is 0 Å². The van der Waals surface area contributed by atoms with Gasteiger partial charge in [-0.05, 0) is 25.0 Å². The Balaban J connectivity index is 1.78. The molecule has 2 aromatic rings. The lowest BCUT2D eigenvalue weighted by Crippen LogP contribution is -2.42. The molecule has 0 atom stereocenters. The van der Waals surface area contributed by atoms with Crippen LogP contribution in [0.5, 0.6) is 0 Å². The molecule has 1 amide bonds. The van der Waals surface area contributed by atoms with E-state index in [0.717, 1.165) is 31.4 Å². The van der Waals surface area contributed by atoms with Crippen LogP contribution in [0.3, 0.4) is 0 Å². The van der Waals surface area contributed by atoms with Crippen molar-refractivity contribution < 1.29 is 9.18 Å². The van der Waals surface area contributed by atoms with E-state index in [2.05, 4.69) is 10.2 Å². The third-order valence-electron chi connectivity index (χ3n) is 4.53. The number of carbonyl (C=O) groups excluding carboxylic acids is 1. The number of rotatable bonds is 5. The average Bonchev–Trinajstić information content (AvgIpc) is 3.08. The number of aromatic amines is 1. The molecule has 122 valence electrons. The highest BCUT2D eigenvalue weighted by molar-refractivity contribution is 5.78. The molecule has 0 spiro atoms. The summed E-state index contributed by atoms with van der Waals surface area (Å²) in [6.45, 7) is 0.338. The summed E-state index contributed by atoms with van der Waals surface area (Å²) in [6.07, 6.45) is 7.42. The molecule has 0 saturated heterocycles. The third kappa shape index (κ3) is 3.97. The SMILES string of the molecule is O=C(Cc1ccn[nH]1)N(Cc1ccccc1F)C1CCCCC1. The molecule has 23 heavy (non-hydrogen) atoms. The second-order valence-corrected chi connectivity index (χ2v) is 6.16. The highest BCUT2D eigenvalue weighted by Crippen LogP contribution is 2.25. The molecule has 4 nitrogen and oxygen atoms in total. The van der Waals surface area contributed by atoms with Gasteiger partial charge in [0.05, 0.1) is 6.42 Å². The van der Waals surface area contributed by atoms with Crippen molar-refractivity contribution in [1.29, 1.82) is 0 Å². The Kier molecular flexibility index (Phi) is 5.05. The summed E-state index contributed by atoms with van der Waals surface area (Å²) in [4.78, 5) is 14.6. The fraction of sp³-hybridized carbons (Fsp3) is 0.444. The summed E-state index contributed by atoms with van der Waals surface area (Å²) in [7, 11) is 0. The maximum absolute atomic E-state index is 14.0. The molecule has 1 aromatic carbocycles. The van der Waals surface area contributed by atoms with E-state index < -0.39 is 0 Å². The molecule has 1 saturated carbocycles. The minimum absolute atomic E-state index is 0.0319. The number of H-pyrrole nitrogens is 1. The molecule has 1 aromatic heterocycles. The van der Waals surface area contributed by atoms with Gasteiger partial charge in [0.25, 0.3) is 0 Å². The summed E-state index contributed by atoms with van der Waals surface area (Å²) < 4.78 is 14.0. The lowest BCUT2D eigenvalue weighted by molar-refractivity contribution is -0.134. The van der Waals surface area contributed by atoms with E-state index >= 15 is 0 Å². The van der Waals surface area contributed by atoms with Crippen LogP contribution in [0.4, 0.5) is 4.39 Å². The maximum Gasteiger partial charge on any atom is 0.229 e. The van der Waals surface area contributed by atoms with E-state index in [9.17, 15) is 9.18 Å². The van der Waals surface area contributed by atoms with Crippen LogP contribution in [0.25, 0.3) is 0 Å². The summed E-state index contributed by atoms with van der Waals surface area (Å²) in [5, 5.41) is 6.72. The van der Waals surface area contributed by atoms with Crippen LogP contribution in [-0.2, 0) is 17.8 Å². The normalized spacial score (nSPS) is 15.5. The molecule has 0 radical (unpaired) electrons. The van der Waals surface area contributed by atoms with Crippen molar-refractivity contribution in [3.63, 3.8) is 0 Å². The Morgan fingerprint density at radius 1 is 1.22 bits per heavy atom. The third-order valence-corrected chi connectivity index (χ3v) is 4.53. The second kappa shape index (κ2) is 7.40. The van der Waals surface area contributed by atoms with Gasteiger partial charge in [-0.3, -0.25) is 9.89 Å². The van der Waals surface area contributed by atoms with Crippen LogP contribution in [-0.4, -0.2) is 27.0 Å². The van der Waals surface area contributed by atoms with Crippen LogP contribution in [0, 0.1) is 5.82 Å². The van der Waals surface area contributed by atoms with Gasteiger partial charge in [-0.1, -0.05) is 37.5 Å². The number of hydrogen-bond donors (Lipinski definition) is 1. The Morgan fingerprint density at radius 2 is 2.00 bits per heavy atom. The van der Waals surface area contributed by atoms with Crippen molar-refractivity contribution in [1.82, 2.24) is 15.1 Å². The molecule has 1 fully saturated rings. The average molecular weight is 315 g/mol. The Bertz CT molecular complexity index is 635. The van der Waals surface area contributed by atoms with Crippen LogP contribution in [0.2, 0.25) is 0 Å². The van der Waals surface area contributed by atoms with Gasteiger partial charge in [0, 0.05) is 30.0 Å². The van der Waals surface area contributed by atoms with E-state index in [4.69, 9.17) is 0 Å². The van der Waals surface area contributed by atoms with Crippen molar-refractivity contribution in [3.05, 3.63) is 53.6 Å². The van der Waals surface area contributed by atoms with Crippen LogP contribution in [0.1, 0.15) is 43.4 Å². The highest BCUT2D eigenvalue weighted by atomic mass is 19.1. The lowest BCUT2D eigenvalue weighted by atomic mass is 9.93. The number of benzene rings is 1. The highest BCUT2D eigenvalue weighted by Gasteiger charge is 2.26. The largest absolute Gasteiger partial charge is 0.335 e. The van der Waals surface area contributed by atoms with Gasteiger partial charge in [0.1, 0.15) is 5.82 Å². The fourth-order valence-corrected chi connectivity index (χ4v) is 3.27. The maximum atomic E-state index is 14.0. The molecule has 1 aliphatic rings. The predicted molar refractivity (Wildman–Crippen MR) is 86.1 cm³/mol. The number of halogens is 1. The fourth-order valence-electron chi connectivity index (χ4n) is 3.27. The first-order chi connectivity index (χ1) is 11.2. The number of aromatic nitrogens is 2. The summed E-state index contributed by atoms with van der Waals surface area (Å²) >= 11 is 0.